The Labute approximate surface area is 232 Å². The molecule has 198 valence electrons. The zero-order valence-corrected chi connectivity index (χ0v) is 22.4. The van der Waals surface area contributed by atoms with Gasteiger partial charge in [0.2, 0.25) is 0 Å². The number of rotatable bonds is 9. The van der Waals surface area contributed by atoms with Crippen molar-refractivity contribution < 1.29 is 19.1 Å². The van der Waals surface area contributed by atoms with Crippen LogP contribution in [0, 0.1) is 0 Å². The topological polar surface area (TPSA) is 88.7 Å². The summed E-state index contributed by atoms with van der Waals surface area (Å²) in [4.78, 5) is 25.4. The second-order valence-electron chi connectivity index (χ2n) is 8.95. The number of ether oxygens (including phenoxy) is 2. The highest BCUT2D eigenvalue weighted by atomic mass is 35.5. The smallest absolute Gasteiger partial charge is 0.257 e. The number of amides is 2. The molecule has 7 nitrogen and oxygen atoms in total. The van der Waals surface area contributed by atoms with Gasteiger partial charge in [-0.2, -0.15) is 0 Å². The van der Waals surface area contributed by atoms with Gasteiger partial charge in [-0.25, -0.2) is 0 Å². The van der Waals surface area contributed by atoms with E-state index in [0.29, 0.717) is 40.8 Å². The average Bonchev–Trinajstić information content (AvgIpc) is 2.93. The molecular weight excluding hydrogens is 522 g/mol. The standard InChI is InChI=1S/C29H30ClN3O4S/c30-26-16-13-22(19-25(26)28(35)31-21-7-3-1-4-8-21)32-29(38)33-27(34)20-11-14-24(15-12-20)37-18-17-36-23-9-5-2-6-10-23/h2,5-6,9-16,19,21H,1,3-4,7-8,17-18H2,(H,31,35)(H2,32,33,34,38). The van der Waals surface area contributed by atoms with Gasteiger partial charge in [-0.15, -0.1) is 0 Å². The number of hydrogen-bond acceptors (Lipinski definition) is 5. The molecule has 0 aliphatic heterocycles. The molecule has 3 aromatic rings. The van der Waals surface area contributed by atoms with Crippen LogP contribution in [0.3, 0.4) is 0 Å². The van der Waals surface area contributed by atoms with Crippen LogP contribution in [0.15, 0.2) is 72.8 Å². The summed E-state index contributed by atoms with van der Waals surface area (Å²) >= 11 is 11.6. The molecule has 1 saturated carbocycles. The van der Waals surface area contributed by atoms with E-state index in [1.54, 1.807) is 42.5 Å². The first-order chi connectivity index (χ1) is 18.5. The fourth-order valence-electron chi connectivity index (χ4n) is 4.16. The second-order valence-corrected chi connectivity index (χ2v) is 9.76. The lowest BCUT2D eigenvalue weighted by molar-refractivity contribution is 0.0926. The Morgan fingerprint density at radius 2 is 1.50 bits per heavy atom. The Hall–Kier alpha value is -3.62. The molecule has 3 aromatic carbocycles. The van der Waals surface area contributed by atoms with E-state index in [1.807, 2.05) is 30.3 Å². The lowest BCUT2D eigenvalue weighted by atomic mass is 9.95. The predicted octanol–water partition coefficient (Wildman–Crippen LogP) is 5.99. The monoisotopic (exact) mass is 551 g/mol. The molecule has 3 N–H and O–H groups in total. The molecule has 0 radical (unpaired) electrons. The minimum Gasteiger partial charge on any atom is -0.490 e. The number of thiocarbonyl (C=S) groups is 1. The summed E-state index contributed by atoms with van der Waals surface area (Å²) in [5.41, 5.74) is 1.33. The molecule has 1 aliphatic carbocycles. The molecule has 38 heavy (non-hydrogen) atoms. The lowest BCUT2D eigenvalue weighted by Gasteiger charge is -2.23. The van der Waals surface area contributed by atoms with E-state index in [4.69, 9.17) is 33.3 Å². The minimum absolute atomic E-state index is 0.106. The summed E-state index contributed by atoms with van der Waals surface area (Å²) in [7, 11) is 0. The number of halogens is 1. The third-order valence-electron chi connectivity index (χ3n) is 6.12. The summed E-state index contributed by atoms with van der Waals surface area (Å²) in [6.07, 6.45) is 5.40. The van der Waals surface area contributed by atoms with Crippen molar-refractivity contribution in [2.45, 2.75) is 38.1 Å². The zero-order chi connectivity index (χ0) is 26.7. The van der Waals surface area contributed by atoms with Gasteiger partial charge in [0.25, 0.3) is 11.8 Å². The highest BCUT2D eigenvalue weighted by Crippen LogP contribution is 2.23. The largest absolute Gasteiger partial charge is 0.490 e. The molecule has 0 aromatic heterocycles. The van der Waals surface area contributed by atoms with Gasteiger partial charge in [0.15, 0.2) is 5.11 Å². The molecule has 9 heteroatoms. The maximum Gasteiger partial charge on any atom is 0.257 e. The third kappa shape index (κ3) is 8.19. The number of nitrogens with one attached hydrogen (secondary N) is 3. The number of para-hydroxylation sites is 1. The molecule has 0 atom stereocenters. The van der Waals surface area contributed by atoms with Crippen molar-refractivity contribution in [1.29, 1.82) is 0 Å². The van der Waals surface area contributed by atoms with Gasteiger partial charge in [-0.05, 0) is 79.7 Å². The first-order valence-corrected chi connectivity index (χ1v) is 13.4. The van der Waals surface area contributed by atoms with Gasteiger partial charge in [0.05, 0.1) is 10.6 Å². The van der Waals surface area contributed by atoms with Gasteiger partial charge >= 0.3 is 0 Å². The highest BCUT2D eigenvalue weighted by molar-refractivity contribution is 7.80. The lowest BCUT2D eigenvalue weighted by Crippen LogP contribution is -2.36. The summed E-state index contributed by atoms with van der Waals surface area (Å²) in [5, 5.41) is 9.13. The van der Waals surface area contributed by atoms with Crippen LogP contribution in [-0.2, 0) is 0 Å². The van der Waals surface area contributed by atoms with Crippen molar-refractivity contribution in [3.05, 3.63) is 88.9 Å². The van der Waals surface area contributed by atoms with Crippen LogP contribution in [0.25, 0.3) is 0 Å². The molecular formula is C29H30ClN3O4S. The van der Waals surface area contributed by atoms with Gasteiger partial charge < -0.3 is 20.1 Å². The maximum atomic E-state index is 12.8. The van der Waals surface area contributed by atoms with Crippen LogP contribution >= 0.6 is 23.8 Å². The Balaban J connectivity index is 1.24. The minimum atomic E-state index is -0.370. The highest BCUT2D eigenvalue weighted by Gasteiger charge is 2.19. The normalized spacial score (nSPS) is 13.3. The van der Waals surface area contributed by atoms with Crippen LogP contribution in [0.5, 0.6) is 11.5 Å². The molecule has 0 spiro atoms. The summed E-state index contributed by atoms with van der Waals surface area (Å²) in [5.74, 6) is 0.824. The number of carbonyl (C=O) groups is 2. The molecule has 1 aliphatic rings. The summed E-state index contributed by atoms with van der Waals surface area (Å²) in [6.45, 7) is 0.775. The number of carbonyl (C=O) groups excluding carboxylic acids is 2. The first-order valence-electron chi connectivity index (χ1n) is 12.6. The molecule has 4 rings (SSSR count). The van der Waals surface area contributed by atoms with E-state index in [9.17, 15) is 9.59 Å². The third-order valence-corrected chi connectivity index (χ3v) is 6.65. The second kappa shape index (κ2) is 13.8. The predicted molar refractivity (Wildman–Crippen MR) is 153 cm³/mol. The van der Waals surface area contributed by atoms with Crippen LogP contribution < -0.4 is 25.4 Å². The number of benzene rings is 3. The maximum absolute atomic E-state index is 12.8. The quantitative estimate of drug-likeness (QED) is 0.224. The van der Waals surface area contributed by atoms with Crippen LogP contribution in [0.1, 0.15) is 52.8 Å². The summed E-state index contributed by atoms with van der Waals surface area (Å²) < 4.78 is 11.3. The molecule has 0 unspecified atom stereocenters. The Kier molecular flexibility index (Phi) is 9.95. The average molecular weight is 552 g/mol. The molecule has 0 heterocycles. The van der Waals surface area contributed by atoms with E-state index in [0.717, 1.165) is 31.4 Å². The summed E-state index contributed by atoms with van der Waals surface area (Å²) in [6, 6.07) is 21.4. The molecule has 2 amide bonds. The van der Waals surface area contributed by atoms with Crippen LogP contribution in [0.2, 0.25) is 5.02 Å². The van der Waals surface area contributed by atoms with E-state index in [2.05, 4.69) is 16.0 Å². The van der Waals surface area contributed by atoms with Crippen molar-refractivity contribution in [2.24, 2.45) is 0 Å². The molecule has 1 fully saturated rings. The van der Waals surface area contributed by atoms with Gasteiger partial charge in [0, 0.05) is 17.3 Å². The fraction of sp³-hybridized carbons (Fsp3) is 0.276. The van der Waals surface area contributed by atoms with E-state index in [-0.39, 0.29) is 23.0 Å². The van der Waals surface area contributed by atoms with Crippen molar-refractivity contribution in [3.63, 3.8) is 0 Å². The van der Waals surface area contributed by atoms with Crippen molar-refractivity contribution in [1.82, 2.24) is 10.6 Å². The van der Waals surface area contributed by atoms with Gasteiger partial charge in [0.1, 0.15) is 24.7 Å². The van der Waals surface area contributed by atoms with Gasteiger partial charge in [-0.1, -0.05) is 49.1 Å². The fourth-order valence-corrected chi connectivity index (χ4v) is 4.58. The van der Waals surface area contributed by atoms with E-state index < -0.39 is 0 Å². The van der Waals surface area contributed by atoms with Gasteiger partial charge in [-0.3, -0.25) is 14.9 Å². The SMILES string of the molecule is O=C(NC(=S)Nc1ccc(Cl)c(C(=O)NC2CCCCC2)c1)c1ccc(OCCOc2ccccc2)cc1. The molecule has 0 saturated heterocycles. The van der Waals surface area contributed by atoms with Crippen molar-refractivity contribution in [3.8, 4) is 11.5 Å². The Morgan fingerprint density at radius 1 is 0.842 bits per heavy atom. The first kappa shape index (κ1) is 27.4. The van der Waals surface area contributed by atoms with Crippen molar-refractivity contribution >= 4 is 46.4 Å². The molecule has 0 bridgehead atoms. The number of anilines is 1. The zero-order valence-electron chi connectivity index (χ0n) is 20.9. The van der Waals surface area contributed by atoms with Crippen LogP contribution in [-0.4, -0.2) is 36.2 Å². The van der Waals surface area contributed by atoms with Crippen molar-refractivity contribution in [2.75, 3.05) is 18.5 Å². The van der Waals surface area contributed by atoms with Crippen LogP contribution in [0.4, 0.5) is 5.69 Å². The van der Waals surface area contributed by atoms with E-state index in [1.165, 1.54) is 6.42 Å². The Bertz CT molecular complexity index is 1250. The Morgan fingerprint density at radius 3 is 2.18 bits per heavy atom. The number of hydrogen-bond donors (Lipinski definition) is 3. The van der Waals surface area contributed by atoms with E-state index >= 15 is 0 Å².